The quantitative estimate of drug-likeness (QED) is 0.912. The summed E-state index contributed by atoms with van der Waals surface area (Å²) in [5, 5.41) is 3.21. The summed E-state index contributed by atoms with van der Waals surface area (Å²) in [5.74, 6) is 0.672. The van der Waals surface area contributed by atoms with Crippen LogP contribution in [-0.4, -0.2) is 41.7 Å². The van der Waals surface area contributed by atoms with Crippen LogP contribution in [0.5, 0.6) is 0 Å². The minimum absolute atomic E-state index is 0.0567. The second-order valence-electron chi connectivity index (χ2n) is 7.02. The second kappa shape index (κ2) is 7.03. The molecular formula is C20H24N4O2. The third-order valence-corrected chi connectivity index (χ3v) is 5.29. The van der Waals surface area contributed by atoms with E-state index in [1.807, 2.05) is 30.6 Å². The largest absolute Gasteiger partial charge is 0.364 e. The van der Waals surface area contributed by atoms with E-state index in [1.165, 1.54) is 0 Å². The Balaban J connectivity index is 1.58. The van der Waals surface area contributed by atoms with E-state index in [0.29, 0.717) is 6.54 Å². The lowest BCUT2D eigenvalue weighted by atomic mass is 9.77. The molecule has 26 heavy (non-hydrogen) atoms. The molecule has 6 heteroatoms. The predicted octanol–water partition coefficient (Wildman–Crippen LogP) is 2.05. The van der Waals surface area contributed by atoms with Crippen molar-refractivity contribution in [2.45, 2.75) is 37.8 Å². The maximum atomic E-state index is 12.1. The van der Waals surface area contributed by atoms with Crippen LogP contribution in [0, 0.1) is 0 Å². The summed E-state index contributed by atoms with van der Waals surface area (Å²) >= 11 is 0. The smallest absolute Gasteiger partial charge is 0.246 e. The lowest BCUT2D eigenvalue weighted by molar-refractivity contribution is -0.146. The molecule has 2 aliphatic rings. The van der Waals surface area contributed by atoms with Crippen molar-refractivity contribution in [3.05, 3.63) is 53.9 Å². The Morgan fingerprint density at radius 1 is 1.27 bits per heavy atom. The van der Waals surface area contributed by atoms with E-state index in [4.69, 9.17) is 4.74 Å². The van der Waals surface area contributed by atoms with Gasteiger partial charge < -0.3 is 15.0 Å². The number of carbonyl (C=O) groups is 1. The standard InChI is InChI=1S/C20H24N4O2/c1-2-6-15-11-21-19(22-12-15)24-10-9-20(16-7-4-3-5-8-16)17(13-24)26-14-18(25)23-20/h3-5,7-8,11-12,17H,2,6,9-10,13-14H2,1H3,(H,23,25)/t17-,20+/m1/s1. The van der Waals surface area contributed by atoms with Gasteiger partial charge in [-0.1, -0.05) is 43.7 Å². The monoisotopic (exact) mass is 352 g/mol. The van der Waals surface area contributed by atoms with Crippen molar-refractivity contribution in [3.8, 4) is 0 Å². The highest BCUT2D eigenvalue weighted by Crippen LogP contribution is 2.37. The molecule has 2 atom stereocenters. The molecule has 136 valence electrons. The van der Waals surface area contributed by atoms with Crippen LogP contribution in [0.3, 0.4) is 0 Å². The van der Waals surface area contributed by atoms with Crippen molar-refractivity contribution in [1.82, 2.24) is 15.3 Å². The first-order chi connectivity index (χ1) is 12.7. The topological polar surface area (TPSA) is 67.4 Å². The maximum absolute atomic E-state index is 12.1. The fraction of sp³-hybridized carbons (Fsp3) is 0.450. The Bertz CT molecular complexity index is 765. The summed E-state index contributed by atoms with van der Waals surface area (Å²) in [7, 11) is 0. The number of amides is 1. The maximum Gasteiger partial charge on any atom is 0.246 e. The van der Waals surface area contributed by atoms with Crippen molar-refractivity contribution in [3.63, 3.8) is 0 Å². The minimum Gasteiger partial charge on any atom is -0.364 e. The molecule has 2 fully saturated rings. The summed E-state index contributed by atoms with van der Waals surface area (Å²) in [5.41, 5.74) is 1.78. The Hall–Kier alpha value is -2.47. The van der Waals surface area contributed by atoms with Gasteiger partial charge in [-0.3, -0.25) is 4.79 Å². The van der Waals surface area contributed by atoms with E-state index in [9.17, 15) is 4.79 Å². The van der Waals surface area contributed by atoms with E-state index in [-0.39, 0.29) is 18.6 Å². The van der Waals surface area contributed by atoms with Crippen LogP contribution >= 0.6 is 0 Å². The molecule has 0 saturated carbocycles. The number of carbonyl (C=O) groups excluding carboxylic acids is 1. The van der Waals surface area contributed by atoms with Gasteiger partial charge in [0, 0.05) is 25.5 Å². The van der Waals surface area contributed by atoms with E-state index in [1.54, 1.807) is 0 Å². The van der Waals surface area contributed by atoms with Crippen LogP contribution in [0.4, 0.5) is 5.95 Å². The molecule has 3 heterocycles. The molecule has 6 nitrogen and oxygen atoms in total. The number of fused-ring (bicyclic) bond motifs is 1. The van der Waals surface area contributed by atoms with E-state index < -0.39 is 5.54 Å². The number of nitrogens with one attached hydrogen (secondary N) is 1. The highest BCUT2D eigenvalue weighted by atomic mass is 16.5. The van der Waals surface area contributed by atoms with Gasteiger partial charge >= 0.3 is 0 Å². The fourth-order valence-corrected chi connectivity index (χ4v) is 3.97. The molecule has 0 radical (unpaired) electrons. The summed E-state index contributed by atoms with van der Waals surface area (Å²) in [6, 6.07) is 10.1. The number of hydrogen-bond donors (Lipinski definition) is 1. The first-order valence-corrected chi connectivity index (χ1v) is 9.25. The number of piperidine rings is 1. The van der Waals surface area contributed by atoms with Gasteiger partial charge in [0.15, 0.2) is 0 Å². The highest BCUT2D eigenvalue weighted by Gasteiger charge is 2.49. The average molecular weight is 352 g/mol. The number of ether oxygens (including phenoxy) is 1. The molecule has 1 aromatic heterocycles. The number of hydrogen-bond acceptors (Lipinski definition) is 5. The first-order valence-electron chi connectivity index (χ1n) is 9.25. The minimum atomic E-state index is -0.477. The van der Waals surface area contributed by atoms with Gasteiger partial charge in [-0.25, -0.2) is 9.97 Å². The number of nitrogens with zero attached hydrogens (tertiary/aromatic N) is 3. The Morgan fingerprint density at radius 2 is 2.04 bits per heavy atom. The third-order valence-electron chi connectivity index (χ3n) is 5.29. The van der Waals surface area contributed by atoms with Gasteiger partial charge in [-0.05, 0) is 24.0 Å². The van der Waals surface area contributed by atoms with Crippen molar-refractivity contribution >= 4 is 11.9 Å². The molecule has 2 aromatic rings. The second-order valence-corrected chi connectivity index (χ2v) is 7.02. The van der Waals surface area contributed by atoms with Crippen LogP contribution in [0.25, 0.3) is 0 Å². The fourth-order valence-electron chi connectivity index (χ4n) is 3.97. The van der Waals surface area contributed by atoms with Gasteiger partial charge in [0.05, 0.1) is 5.54 Å². The van der Waals surface area contributed by atoms with Crippen LogP contribution < -0.4 is 10.2 Å². The number of aryl methyl sites for hydroxylation is 1. The van der Waals surface area contributed by atoms with Crippen LogP contribution in [0.1, 0.15) is 30.9 Å². The van der Waals surface area contributed by atoms with Crippen molar-refractivity contribution < 1.29 is 9.53 Å². The van der Waals surface area contributed by atoms with Gasteiger partial charge in [0.1, 0.15) is 12.7 Å². The van der Waals surface area contributed by atoms with Crippen LogP contribution in [0.2, 0.25) is 0 Å². The van der Waals surface area contributed by atoms with Gasteiger partial charge in [-0.15, -0.1) is 0 Å². The lowest BCUT2D eigenvalue weighted by Crippen LogP contribution is -2.66. The third kappa shape index (κ3) is 3.05. The van der Waals surface area contributed by atoms with Gasteiger partial charge in [0.2, 0.25) is 11.9 Å². The molecule has 2 aliphatic heterocycles. The molecule has 0 spiro atoms. The average Bonchev–Trinajstić information content (AvgIpc) is 2.69. The molecule has 0 unspecified atom stereocenters. The molecule has 0 bridgehead atoms. The Morgan fingerprint density at radius 3 is 2.77 bits per heavy atom. The number of anilines is 1. The summed E-state index contributed by atoms with van der Waals surface area (Å²) in [6.45, 7) is 3.67. The van der Waals surface area contributed by atoms with Crippen molar-refractivity contribution in [2.24, 2.45) is 0 Å². The lowest BCUT2D eigenvalue weighted by Gasteiger charge is -2.50. The summed E-state index contributed by atoms with van der Waals surface area (Å²) in [4.78, 5) is 23.3. The molecule has 2 saturated heterocycles. The Kier molecular flexibility index (Phi) is 4.59. The summed E-state index contributed by atoms with van der Waals surface area (Å²) < 4.78 is 5.96. The zero-order chi connectivity index (χ0) is 18.0. The highest BCUT2D eigenvalue weighted by molar-refractivity contribution is 5.79. The van der Waals surface area contributed by atoms with E-state index >= 15 is 0 Å². The zero-order valence-electron chi connectivity index (χ0n) is 15.0. The molecular weight excluding hydrogens is 328 g/mol. The molecule has 4 rings (SSSR count). The predicted molar refractivity (Wildman–Crippen MR) is 98.9 cm³/mol. The van der Waals surface area contributed by atoms with Crippen LogP contribution in [-0.2, 0) is 21.5 Å². The van der Waals surface area contributed by atoms with Crippen LogP contribution in [0.15, 0.2) is 42.7 Å². The number of morpholine rings is 1. The number of rotatable bonds is 4. The molecule has 1 N–H and O–H groups in total. The van der Waals surface area contributed by atoms with Gasteiger partial charge in [-0.2, -0.15) is 0 Å². The van der Waals surface area contributed by atoms with Crippen molar-refractivity contribution in [1.29, 1.82) is 0 Å². The Labute approximate surface area is 153 Å². The number of benzene rings is 1. The molecule has 1 aromatic carbocycles. The van der Waals surface area contributed by atoms with E-state index in [2.05, 4.69) is 39.2 Å². The number of aromatic nitrogens is 2. The molecule has 1 amide bonds. The normalized spacial score (nSPS) is 25.5. The van der Waals surface area contributed by atoms with Crippen molar-refractivity contribution in [2.75, 3.05) is 24.6 Å². The van der Waals surface area contributed by atoms with E-state index in [0.717, 1.165) is 42.9 Å². The summed E-state index contributed by atoms with van der Waals surface area (Å²) in [6.07, 6.45) is 6.53. The first kappa shape index (κ1) is 17.0. The SMILES string of the molecule is CCCc1cnc(N2CC[C@@]3(c4ccccc4)NC(=O)CO[C@@H]3C2)nc1. The van der Waals surface area contributed by atoms with Gasteiger partial charge in [0.25, 0.3) is 0 Å². The molecule has 0 aliphatic carbocycles. The zero-order valence-corrected chi connectivity index (χ0v) is 15.0.